The molecule has 0 aromatic carbocycles. The normalized spacial score (nSPS) is 18.0. The first-order valence-corrected chi connectivity index (χ1v) is 6.78. The minimum Gasteiger partial charge on any atom is -0.314 e. The van der Waals surface area contributed by atoms with Crippen LogP contribution in [-0.4, -0.2) is 17.6 Å². The number of hydrogen-bond donors (Lipinski definition) is 1. The lowest BCUT2D eigenvalue weighted by molar-refractivity contribution is 0.500. The molecule has 1 heterocycles. The summed E-state index contributed by atoms with van der Waals surface area (Å²) in [4.78, 5) is 5.83. The third-order valence-corrected chi connectivity index (χ3v) is 4.29. The third kappa shape index (κ3) is 3.28. The van der Waals surface area contributed by atoms with Gasteiger partial charge in [0, 0.05) is 30.1 Å². The van der Waals surface area contributed by atoms with Gasteiger partial charge in [-0.15, -0.1) is 11.3 Å². The maximum atomic E-state index is 4.42. The van der Waals surface area contributed by atoms with Crippen molar-refractivity contribution in [2.75, 3.05) is 6.54 Å². The van der Waals surface area contributed by atoms with Gasteiger partial charge in [0.05, 0.1) is 5.01 Å². The second-order valence-corrected chi connectivity index (χ2v) is 5.60. The van der Waals surface area contributed by atoms with Crippen LogP contribution < -0.4 is 5.32 Å². The molecule has 1 unspecified atom stereocenters. The van der Waals surface area contributed by atoms with E-state index in [1.807, 2.05) is 17.5 Å². The first-order valence-electron chi connectivity index (χ1n) is 5.96. The van der Waals surface area contributed by atoms with E-state index in [1.165, 1.54) is 22.7 Å². The molecule has 15 heavy (non-hydrogen) atoms. The zero-order valence-electron chi connectivity index (χ0n) is 9.62. The molecule has 2 nitrogen and oxygen atoms in total. The molecule has 0 radical (unpaired) electrons. The van der Waals surface area contributed by atoms with Gasteiger partial charge in [-0.05, 0) is 32.1 Å². The standard InChI is InChI=1S/C12H20N2S/c1-3-11-8-14-12(15-11)6-7-13-9(2)10-4-5-10/h8-10,13H,3-7H2,1-2H3. The van der Waals surface area contributed by atoms with E-state index in [-0.39, 0.29) is 0 Å². The largest absolute Gasteiger partial charge is 0.314 e. The van der Waals surface area contributed by atoms with Crippen LogP contribution in [0.4, 0.5) is 0 Å². The van der Waals surface area contributed by atoms with E-state index in [1.54, 1.807) is 0 Å². The summed E-state index contributed by atoms with van der Waals surface area (Å²) in [6, 6.07) is 0.704. The molecule has 1 atom stereocenters. The van der Waals surface area contributed by atoms with Gasteiger partial charge in [0.25, 0.3) is 0 Å². The number of nitrogens with zero attached hydrogens (tertiary/aromatic N) is 1. The zero-order chi connectivity index (χ0) is 10.7. The van der Waals surface area contributed by atoms with Crippen LogP contribution in [0.15, 0.2) is 6.20 Å². The zero-order valence-corrected chi connectivity index (χ0v) is 10.4. The monoisotopic (exact) mass is 224 g/mol. The molecule has 0 spiro atoms. The van der Waals surface area contributed by atoms with E-state index in [2.05, 4.69) is 24.1 Å². The molecule has 1 aliphatic carbocycles. The summed E-state index contributed by atoms with van der Waals surface area (Å²) in [5, 5.41) is 4.87. The van der Waals surface area contributed by atoms with Gasteiger partial charge in [-0.25, -0.2) is 4.98 Å². The molecule has 1 aromatic heterocycles. The van der Waals surface area contributed by atoms with Gasteiger partial charge in [0.1, 0.15) is 0 Å². The van der Waals surface area contributed by atoms with Crippen LogP contribution >= 0.6 is 11.3 Å². The summed E-state index contributed by atoms with van der Waals surface area (Å²) in [5.74, 6) is 0.951. The van der Waals surface area contributed by atoms with E-state index in [0.29, 0.717) is 6.04 Å². The molecule has 0 amide bonds. The first kappa shape index (κ1) is 11.1. The van der Waals surface area contributed by atoms with Gasteiger partial charge in [-0.1, -0.05) is 6.92 Å². The molecule has 2 rings (SSSR count). The molecule has 0 saturated heterocycles. The predicted octanol–water partition coefficient (Wildman–Crippen LogP) is 2.64. The summed E-state index contributed by atoms with van der Waals surface area (Å²) in [5.41, 5.74) is 0. The van der Waals surface area contributed by atoms with E-state index in [4.69, 9.17) is 0 Å². The molecular formula is C12H20N2S. The summed E-state index contributed by atoms with van der Waals surface area (Å²) in [6.07, 6.45) is 7.06. The Balaban J connectivity index is 1.68. The number of hydrogen-bond acceptors (Lipinski definition) is 3. The quantitative estimate of drug-likeness (QED) is 0.803. The number of nitrogens with one attached hydrogen (secondary N) is 1. The highest BCUT2D eigenvalue weighted by molar-refractivity contribution is 7.11. The highest BCUT2D eigenvalue weighted by atomic mass is 32.1. The van der Waals surface area contributed by atoms with Gasteiger partial charge in [-0.3, -0.25) is 0 Å². The van der Waals surface area contributed by atoms with Crippen molar-refractivity contribution in [2.24, 2.45) is 5.92 Å². The SMILES string of the molecule is CCc1cnc(CCNC(C)C2CC2)s1. The molecule has 1 aliphatic rings. The molecule has 84 valence electrons. The minimum absolute atomic E-state index is 0.704. The van der Waals surface area contributed by atoms with Crippen molar-refractivity contribution in [2.45, 2.75) is 45.6 Å². The lowest BCUT2D eigenvalue weighted by Gasteiger charge is -2.11. The summed E-state index contributed by atoms with van der Waals surface area (Å²) in [7, 11) is 0. The van der Waals surface area contributed by atoms with Crippen molar-refractivity contribution < 1.29 is 0 Å². The fourth-order valence-corrected chi connectivity index (χ4v) is 2.66. The minimum atomic E-state index is 0.704. The highest BCUT2D eigenvalue weighted by Gasteiger charge is 2.27. The van der Waals surface area contributed by atoms with Gasteiger partial charge < -0.3 is 5.32 Å². The fourth-order valence-electron chi connectivity index (χ4n) is 1.80. The summed E-state index contributed by atoms with van der Waals surface area (Å²) < 4.78 is 0. The van der Waals surface area contributed by atoms with Gasteiger partial charge in [0.15, 0.2) is 0 Å². The van der Waals surface area contributed by atoms with Crippen molar-refractivity contribution in [3.8, 4) is 0 Å². The Morgan fingerprint density at radius 2 is 2.40 bits per heavy atom. The molecule has 0 aliphatic heterocycles. The van der Waals surface area contributed by atoms with E-state index < -0.39 is 0 Å². The van der Waals surface area contributed by atoms with Gasteiger partial charge >= 0.3 is 0 Å². The Labute approximate surface area is 96.1 Å². The van der Waals surface area contributed by atoms with Gasteiger partial charge in [0.2, 0.25) is 0 Å². The first-order chi connectivity index (χ1) is 7.29. The van der Waals surface area contributed by atoms with Crippen LogP contribution in [-0.2, 0) is 12.8 Å². The van der Waals surface area contributed by atoms with Crippen molar-refractivity contribution in [1.82, 2.24) is 10.3 Å². The van der Waals surface area contributed by atoms with Crippen LogP contribution in [0.3, 0.4) is 0 Å². The molecule has 3 heteroatoms. The number of rotatable bonds is 6. The number of aryl methyl sites for hydroxylation is 1. The van der Waals surface area contributed by atoms with Crippen molar-refractivity contribution >= 4 is 11.3 Å². The Kier molecular flexibility index (Phi) is 3.76. The van der Waals surface area contributed by atoms with Crippen LogP contribution in [0.2, 0.25) is 0 Å². The Bertz CT molecular complexity index is 304. The molecule has 1 saturated carbocycles. The topological polar surface area (TPSA) is 24.9 Å². The van der Waals surface area contributed by atoms with E-state index >= 15 is 0 Å². The Morgan fingerprint density at radius 3 is 3.00 bits per heavy atom. The van der Waals surface area contributed by atoms with Crippen LogP contribution in [0.5, 0.6) is 0 Å². The smallest absolute Gasteiger partial charge is 0.0940 e. The predicted molar refractivity (Wildman–Crippen MR) is 65.4 cm³/mol. The van der Waals surface area contributed by atoms with Crippen molar-refractivity contribution in [1.29, 1.82) is 0 Å². The fraction of sp³-hybridized carbons (Fsp3) is 0.750. The van der Waals surface area contributed by atoms with E-state index in [9.17, 15) is 0 Å². The number of aromatic nitrogens is 1. The van der Waals surface area contributed by atoms with E-state index in [0.717, 1.165) is 25.3 Å². The lowest BCUT2D eigenvalue weighted by atomic mass is 10.2. The van der Waals surface area contributed by atoms with Crippen LogP contribution in [0.25, 0.3) is 0 Å². The molecule has 1 N–H and O–H groups in total. The summed E-state index contributed by atoms with van der Waals surface area (Å²) >= 11 is 1.86. The second kappa shape index (κ2) is 5.08. The molecule has 1 aromatic rings. The average Bonchev–Trinajstić information content (AvgIpc) is 2.99. The van der Waals surface area contributed by atoms with Crippen molar-refractivity contribution in [3.63, 3.8) is 0 Å². The van der Waals surface area contributed by atoms with Crippen LogP contribution in [0, 0.1) is 5.92 Å². The maximum Gasteiger partial charge on any atom is 0.0940 e. The Hall–Kier alpha value is -0.410. The molecular weight excluding hydrogens is 204 g/mol. The Morgan fingerprint density at radius 1 is 1.60 bits per heavy atom. The highest BCUT2D eigenvalue weighted by Crippen LogP contribution is 2.32. The van der Waals surface area contributed by atoms with Crippen molar-refractivity contribution in [3.05, 3.63) is 16.1 Å². The number of thiazole rings is 1. The summed E-state index contributed by atoms with van der Waals surface area (Å²) in [6.45, 7) is 5.57. The third-order valence-electron chi connectivity index (χ3n) is 3.08. The maximum absolute atomic E-state index is 4.42. The molecule has 1 fully saturated rings. The van der Waals surface area contributed by atoms with Crippen LogP contribution in [0.1, 0.15) is 36.6 Å². The molecule has 0 bridgehead atoms. The average molecular weight is 224 g/mol. The van der Waals surface area contributed by atoms with Gasteiger partial charge in [-0.2, -0.15) is 0 Å². The lowest BCUT2D eigenvalue weighted by Crippen LogP contribution is -2.29. The second-order valence-electron chi connectivity index (χ2n) is 4.40.